The van der Waals surface area contributed by atoms with Gasteiger partial charge in [0.05, 0.1) is 5.41 Å². The van der Waals surface area contributed by atoms with Crippen molar-refractivity contribution in [1.29, 1.82) is 0 Å². The molecule has 1 aliphatic rings. The maximum Gasteiger partial charge on any atom is 0.237 e. The van der Waals surface area contributed by atoms with Crippen molar-refractivity contribution in [2.75, 3.05) is 11.1 Å². The zero-order chi connectivity index (χ0) is 15.0. The number of nitrogen functional groups attached to an aromatic ring is 1. The topological polar surface area (TPSA) is 80.9 Å². The van der Waals surface area contributed by atoms with Gasteiger partial charge in [-0.15, -0.1) is 0 Å². The summed E-state index contributed by atoms with van der Waals surface area (Å²) >= 11 is 5.88. The van der Waals surface area contributed by atoms with Gasteiger partial charge in [0.1, 0.15) is 5.15 Å². The van der Waals surface area contributed by atoms with E-state index in [1.54, 1.807) is 13.0 Å². The van der Waals surface area contributed by atoms with Crippen LogP contribution in [0.1, 0.15) is 24.1 Å². The van der Waals surface area contributed by atoms with Crippen LogP contribution in [0.4, 0.5) is 11.6 Å². The van der Waals surface area contributed by atoms with Crippen LogP contribution in [0.15, 0.2) is 30.3 Å². The average Bonchev–Trinajstić information content (AvgIpc) is 3.19. The summed E-state index contributed by atoms with van der Waals surface area (Å²) in [6.45, 7) is 1.80. The molecule has 1 heterocycles. The van der Waals surface area contributed by atoms with Crippen LogP contribution in [0.25, 0.3) is 0 Å². The molecule has 0 spiro atoms. The van der Waals surface area contributed by atoms with Crippen molar-refractivity contribution in [2.45, 2.75) is 25.2 Å². The number of nitrogens with zero attached hydrogens (tertiary/aromatic N) is 2. The quantitative estimate of drug-likeness (QED) is 0.675. The maximum atomic E-state index is 12.5. The van der Waals surface area contributed by atoms with E-state index in [1.807, 2.05) is 24.3 Å². The van der Waals surface area contributed by atoms with Gasteiger partial charge in [-0.1, -0.05) is 23.7 Å². The number of carbonyl (C=O) groups is 1. The number of rotatable bonds is 3. The van der Waals surface area contributed by atoms with E-state index in [9.17, 15) is 4.79 Å². The Morgan fingerprint density at radius 2 is 1.95 bits per heavy atom. The fourth-order valence-corrected chi connectivity index (χ4v) is 2.62. The minimum Gasteiger partial charge on any atom is -0.399 e. The first-order chi connectivity index (χ1) is 9.99. The summed E-state index contributed by atoms with van der Waals surface area (Å²) in [5.41, 5.74) is 7.56. The molecule has 0 saturated heterocycles. The smallest absolute Gasteiger partial charge is 0.237 e. The van der Waals surface area contributed by atoms with Crippen molar-refractivity contribution >= 4 is 29.1 Å². The van der Waals surface area contributed by atoms with E-state index in [4.69, 9.17) is 17.3 Å². The van der Waals surface area contributed by atoms with E-state index in [1.165, 1.54) is 0 Å². The van der Waals surface area contributed by atoms with Crippen LogP contribution in [0, 0.1) is 6.92 Å². The molecule has 0 radical (unpaired) electrons. The van der Waals surface area contributed by atoms with E-state index in [-0.39, 0.29) is 11.9 Å². The van der Waals surface area contributed by atoms with Gasteiger partial charge in [0.2, 0.25) is 11.9 Å². The molecule has 1 saturated carbocycles. The maximum absolute atomic E-state index is 12.5. The summed E-state index contributed by atoms with van der Waals surface area (Å²) < 4.78 is 0. The molecule has 1 aliphatic carbocycles. The number of aromatic nitrogens is 2. The first-order valence-electron chi connectivity index (χ1n) is 6.68. The molecular weight excluding hydrogens is 288 g/mol. The number of aryl methyl sites for hydroxylation is 1. The Hall–Kier alpha value is -2.14. The third-order valence-corrected chi connectivity index (χ3v) is 3.89. The molecule has 0 bridgehead atoms. The van der Waals surface area contributed by atoms with E-state index in [0.29, 0.717) is 16.5 Å². The summed E-state index contributed by atoms with van der Waals surface area (Å²) in [6.07, 6.45) is 1.62. The van der Waals surface area contributed by atoms with Crippen LogP contribution < -0.4 is 11.1 Å². The molecule has 3 rings (SSSR count). The number of anilines is 2. The first-order valence-corrected chi connectivity index (χ1v) is 7.06. The summed E-state index contributed by atoms with van der Waals surface area (Å²) in [6, 6.07) is 9.05. The number of benzene rings is 1. The molecule has 0 aliphatic heterocycles. The van der Waals surface area contributed by atoms with Gasteiger partial charge in [-0.05, 0) is 43.5 Å². The molecule has 0 unspecified atom stereocenters. The van der Waals surface area contributed by atoms with Crippen LogP contribution in [0.3, 0.4) is 0 Å². The van der Waals surface area contributed by atoms with Crippen molar-refractivity contribution in [3.8, 4) is 0 Å². The second kappa shape index (κ2) is 5.00. The Kier molecular flexibility index (Phi) is 3.29. The van der Waals surface area contributed by atoms with E-state index < -0.39 is 5.41 Å². The number of hydrogen-bond acceptors (Lipinski definition) is 4. The molecule has 2 aromatic rings. The molecule has 108 valence electrons. The Labute approximate surface area is 127 Å². The van der Waals surface area contributed by atoms with Gasteiger partial charge in [0.15, 0.2) is 0 Å². The van der Waals surface area contributed by atoms with E-state index >= 15 is 0 Å². The molecule has 0 atom stereocenters. The van der Waals surface area contributed by atoms with Crippen molar-refractivity contribution in [2.24, 2.45) is 0 Å². The minimum absolute atomic E-state index is 0.103. The first kappa shape index (κ1) is 13.8. The molecule has 1 aromatic carbocycles. The molecule has 3 N–H and O–H groups in total. The van der Waals surface area contributed by atoms with Crippen LogP contribution in [-0.2, 0) is 10.2 Å². The SMILES string of the molecule is Cc1cc(Cl)nc(NC(=O)C2(c3ccc(N)cc3)CC2)n1. The van der Waals surface area contributed by atoms with Gasteiger partial charge in [0.25, 0.3) is 0 Å². The van der Waals surface area contributed by atoms with Crippen LogP contribution in [0.2, 0.25) is 5.15 Å². The lowest BCUT2D eigenvalue weighted by Gasteiger charge is -2.15. The highest BCUT2D eigenvalue weighted by Crippen LogP contribution is 2.49. The molecule has 5 nitrogen and oxygen atoms in total. The largest absolute Gasteiger partial charge is 0.399 e. The number of hydrogen-bond donors (Lipinski definition) is 2. The number of halogens is 1. The fraction of sp³-hybridized carbons (Fsp3) is 0.267. The summed E-state index contributed by atoms with van der Waals surface area (Å²) in [5, 5.41) is 3.08. The molecule has 1 fully saturated rings. The summed E-state index contributed by atoms with van der Waals surface area (Å²) in [7, 11) is 0. The molecule has 21 heavy (non-hydrogen) atoms. The van der Waals surface area contributed by atoms with Crippen molar-refractivity contribution < 1.29 is 4.79 Å². The number of carbonyl (C=O) groups excluding carboxylic acids is 1. The van der Waals surface area contributed by atoms with Gasteiger partial charge < -0.3 is 5.73 Å². The highest BCUT2D eigenvalue weighted by Gasteiger charge is 2.51. The number of amides is 1. The number of nitrogens with one attached hydrogen (secondary N) is 1. The zero-order valence-electron chi connectivity index (χ0n) is 11.6. The van der Waals surface area contributed by atoms with Crippen molar-refractivity contribution in [3.05, 3.63) is 46.7 Å². The predicted octanol–water partition coefficient (Wildman–Crippen LogP) is 2.69. The minimum atomic E-state index is -0.493. The summed E-state index contributed by atoms with van der Waals surface area (Å²) in [5.74, 6) is 0.139. The van der Waals surface area contributed by atoms with E-state index in [0.717, 1.165) is 18.4 Å². The van der Waals surface area contributed by atoms with Crippen molar-refractivity contribution in [3.63, 3.8) is 0 Å². The average molecular weight is 303 g/mol. The Bertz CT molecular complexity index is 675. The highest BCUT2D eigenvalue weighted by atomic mass is 35.5. The lowest BCUT2D eigenvalue weighted by Crippen LogP contribution is -2.28. The lowest BCUT2D eigenvalue weighted by molar-refractivity contribution is -0.118. The van der Waals surface area contributed by atoms with Crippen LogP contribution >= 0.6 is 11.6 Å². The fourth-order valence-electron chi connectivity index (χ4n) is 2.38. The lowest BCUT2D eigenvalue weighted by atomic mass is 9.95. The Morgan fingerprint density at radius 3 is 2.52 bits per heavy atom. The van der Waals surface area contributed by atoms with Gasteiger partial charge in [-0.3, -0.25) is 10.1 Å². The zero-order valence-corrected chi connectivity index (χ0v) is 12.3. The van der Waals surface area contributed by atoms with Crippen molar-refractivity contribution in [1.82, 2.24) is 9.97 Å². The predicted molar refractivity (Wildman–Crippen MR) is 82.2 cm³/mol. The molecule has 1 aromatic heterocycles. The Balaban J connectivity index is 1.83. The van der Waals surface area contributed by atoms with Gasteiger partial charge in [-0.25, -0.2) is 9.97 Å². The normalized spacial score (nSPS) is 15.5. The molecule has 6 heteroatoms. The Morgan fingerprint density at radius 1 is 1.29 bits per heavy atom. The van der Waals surface area contributed by atoms with Gasteiger partial charge in [0, 0.05) is 11.4 Å². The second-order valence-corrected chi connectivity index (χ2v) is 5.70. The molecular formula is C15H15ClN4O. The van der Waals surface area contributed by atoms with Gasteiger partial charge >= 0.3 is 0 Å². The highest BCUT2D eigenvalue weighted by molar-refractivity contribution is 6.29. The number of nitrogens with two attached hydrogens (primary N) is 1. The monoisotopic (exact) mass is 302 g/mol. The standard InChI is InChI=1S/C15H15ClN4O/c1-9-8-12(16)19-14(18-9)20-13(21)15(6-7-15)10-2-4-11(17)5-3-10/h2-5,8H,6-7,17H2,1H3,(H,18,19,20,21). The van der Waals surface area contributed by atoms with Crippen LogP contribution in [-0.4, -0.2) is 15.9 Å². The second-order valence-electron chi connectivity index (χ2n) is 5.31. The van der Waals surface area contributed by atoms with Gasteiger partial charge in [-0.2, -0.15) is 0 Å². The summed E-state index contributed by atoms with van der Waals surface area (Å²) in [4.78, 5) is 20.7. The molecule has 1 amide bonds. The van der Waals surface area contributed by atoms with E-state index in [2.05, 4.69) is 15.3 Å². The third kappa shape index (κ3) is 2.69. The third-order valence-electron chi connectivity index (χ3n) is 3.70. The van der Waals surface area contributed by atoms with Crippen LogP contribution in [0.5, 0.6) is 0 Å².